The minimum Gasteiger partial charge on any atom is -0.481 e. The van der Waals surface area contributed by atoms with Gasteiger partial charge in [-0.1, -0.05) is 30.3 Å². The van der Waals surface area contributed by atoms with E-state index in [2.05, 4.69) is 15.3 Å². The number of nitrogens with zero attached hydrogens (tertiary/aromatic N) is 5. The van der Waals surface area contributed by atoms with Crippen LogP contribution in [0.4, 0.5) is 4.79 Å². The highest BCUT2D eigenvalue weighted by atomic mass is 16.8. The Balaban J connectivity index is 1.81. The molecule has 0 unspecified atom stereocenters. The van der Waals surface area contributed by atoms with Crippen LogP contribution < -0.4 is 5.32 Å². The lowest BCUT2D eigenvalue weighted by Crippen LogP contribution is -2.55. The molecule has 1 atom stereocenters. The Labute approximate surface area is 242 Å². The Morgan fingerprint density at radius 2 is 1.76 bits per heavy atom. The van der Waals surface area contributed by atoms with Crippen LogP contribution in [0.1, 0.15) is 35.9 Å². The van der Waals surface area contributed by atoms with Gasteiger partial charge in [0.1, 0.15) is 11.7 Å². The van der Waals surface area contributed by atoms with Gasteiger partial charge in [0.15, 0.2) is 5.82 Å². The van der Waals surface area contributed by atoms with E-state index in [0.717, 1.165) is 0 Å². The summed E-state index contributed by atoms with van der Waals surface area (Å²) >= 11 is 0. The summed E-state index contributed by atoms with van der Waals surface area (Å²) in [4.78, 5) is 78.5. The third-order valence-electron chi connectivity index (χ3n) is 6.11. The van der Waals surface area contributed by atoms with Crippen LogP contribution in [0.5, 0.6) is 0 Å². The van der Waals surface area contributed by atoms with Gasteiger partial charge in [-0.25, -0.2) is 14.8 Å². The Kier molecular flexibility index (Phi) is 11.5. The van der Waals surface area contributed by atoms with Crippen LogP contribution in [0, 0.1) is 0 Å². The highest BCUT2D eigenvalue weighted by Gasteiger charge is 2.31. The first-order valence-corrected chi connectivity index (χ1v) is 13.3. The fourth-order valence-corrected chi connectivity index (χ4v) is 3.92. The van der Waals surface area contributed by atoms with Crippen molar-refractivity contribution in [3.8, 4) is 11.4 Å². The van der Waals surface area contributed by atoms with Gasteiger partial charge >= 0.3 is 12.1 Å². The number of carboxylic acid groups (broad SMARTS) is 1. The van der Waals surface area contributed by atoms with Gasteiger partial charge in [0.2, 0.25) is 11.8 Å². The van der Waals surface area contributed by atoms with E-state index in [0.29, 0.717) is 5.56 Å². The molecular formula is C28H34N6O8. The topological polar surface area (TPSA) is 172 Å². The fourth-order valence-electron chi connectivity index (χ4n) is 3.92. The van der Waals surface area contributed by atoms with Crippen molar-refractivity contribution < 1.29 is 38.7 Å². The lowest BCUT2D eigenvalue weighted by molar-refractivity contribution is -0.157. The third-order valence-corrected chi connectivity index (χ3v) is 6.11. The van der Waals surface area contributed by atoms with Crippen LogP contribution in [-0.4, -0.2) is 113 Å². The maximum Gasteiger partial charge on any atom is 0.527 e. The molecule has 224 valence electrons. The van der Waals surface area contributed by atoms with Crippen LogP contribution in [0.2, 0.25) is 0 Å². The molecule has 1 fully saturated rings. The van der Waals surface area contributed by atoms with Crippen molar-refractivity contribution in [2.45, 2.75) is 25.8 Å². The van der Waals surface area contributed by atoms with E-state index in [1.54, 1.807) is 45.3 Å². The quantitative estimate of drug-likeness (QED) is 0.290. The maximum atomic E-state index is 13.4. The third kappa shape index (κ3) is 9.37. The molecule has 2 N–H and O–H groups in total. The summed E-state index contributed by atoms with van der Waals surface area (Å²) in [5.41, 5.74) is 0.846. The highest BCUT2D eigenvalue weighted by molar-refractivity contribution is 5.97. The van der Waals surface area contributed by atoms with Crippen molar-refractivity contribution in [1.82, 2.24) is 30.1 Å². The van der Waals surface area contributed by atoms with Crippen molar-refractivity contribution in [3.05, 3.63) is 53.9 Å². The monoisotopic (exact) mass is 582 g/mol. The standard InChI is InChI=1S/C28H34N6O8/c1-4-41-28(40)42-34-16-14-33(15-17-34)27(39)21(11-13-24(36)37)31-26(38)22-18-20(10-12-23(35)32(2)3)29-25(30-22)19-8-6-5-7-9-19/h5-10,12,18,21H,4,11,13-17H2,1-3H3,(H,31,38)(H,36,37)/b12-10+/t21-/m0/s1. The first kappa shape index (κ1) is 31.7. The predicted octanol–water partition coefficient (Wildman–Crippen LogP) is 1.44. The zero-order valence-corrected chi connectivity index (χ0v) is 23.7. The molecule has 0 radical (unpaired) electrons. The molecule has 2 aromatic rings. The number of ether oxygens (including phenoxy) is 1. The molecule has 3 amide bonds. The van der Waals surface area contributed by atoms with Gasteiger partial charge in [-0.2, -0.15) is 0 Å². The average molecular weight is 583 g/mol. The number of likely N-dealkylation sites (N-methyl/N-ethyl adjacent to an activating group) is 1. The van der Waals surface area contributed by atoms with E-state index in [4.69, 9.17) is 9.57 Å². The zero-order chi connectivity index (χ0) is 30.6. The van der Waals surface area contributed by atoms with Crippen molar-refractivity contribution in [2.75, 3.05) is 46.9 Å². The van der Waals surface area contributed by atoms with Crippen LogP contribution in [0.15, 0.2) is 42.5 Å². The highest BCUT2D eigenvalue weighted by Crippen LogP contribution is 2.17. The van der Waals surface area contributed by atoms with Crippen LogP contribution in [0.3, 0.4) is 0 Å². The first-order valence-electron chi connectivity index (χ1n) is 13.3. The Hall–Kier alpha value is -4.85. The molecule has 2 heterocycles. The maximum absolute atomic E-state index is 13.4. The molecule has 1 aromatic carbocycles. The number of hydroxylamine groups is 2. The molecule has 0 bridgehead atoms. The number of carbonyl (C=O) groups excluding carboxylic acids is 4. The van der Waals surface area contributed by atoms with E-state index in [1.165, 1.54) is 33.1 Å². The van der Waals surface area contributed by atoms with E-state index in [1.807, 2.05) is 6.07 Å². The van der Waals surface area contributed by atoms with Gasteiger partial charge in [-0.05, 0) is 25.5 Å². The van der Waals surface area contributed by atoms with Gasteiger partial charge in [-0.15, -0.1) is 5.06 Å². The molecule has 42 heavy (non-hydrogen) atoms. The van der Waals surface area contributed by atoms with E-state index in [9.17, 15) is 29.1 Å². The van der Waals surface area contributed by atoms with Crippen molar-refractivity contribution in [3.63, 3.8) is 0 Å². The minimum atomic E-state index is -1.16. The number of carbonyl (C=O) groups is 5. The largest absolute Gasteiger partial charge is 0.527 e. The number of aromatic nitrogens is 2. The molecule has 1 aliphatic rings. The second kappa shape index (κ2) is 15.2. The van der Waals surface area contributed by atoms with Crippen molar-refractivity contribution in [2.24, 2.45) is 0 Å². The molecule has 14 nitrogen and oxygen atoms in total. The minimum absolute atomic E-state index is 0.0680. The Morgan fingerprint density at radius 1 is 1.07 bits per heavy atom. The number of hydrogen-bond donors (Lipinski definition) is 2. The second-order valence-corrected chi connectivity index (χ2v) is 9.42. The molecule has 0 aliphatic carbocycles. The molecule has 1 aromatic heterocycles. The lowest BCUT2D eigenvalue weighted by Gasteiger charge is -2.35. The number of hydrogen-bond acceptors (Lipinski definition) is 10. The number of amides is 3. The smallest absolute Gasteiger partial charge is 0.481 e. The summed E-state index contributed by atoms with van der Waals surface area (Å²) in [6.07, 6.45) is 1.41. The first-order chi connectivity index (χ1) is 20.1. The summed E-state index contributed by atoms with van der Waals surface area (Å²) < 4.78 is 4.76. The molecule has 3 rings (SSSR count). The summed E-state index contributed by atoms with van der Waals surface area (Å²) in [7, 11) is 3.20. The molecular weight excluding hydrogens is 548 g/mol. The van der Waals surface area contributed by atoms with E-state index < -0.39 is 30.0 Å². The Morgan fingerprint density at radius 3 is 2.38 bits per heavy atom. The van der Waals surface area contributed by atoms with Gasteiger partial charge in [-0.3, -0.25) is 19.2 Å². The fraction of sp³-hybridized carbons (Fsp3) is 0.393. The van der Waals surface area contributed by atoms with Crippen LogP contribution in [-0.2, 0) is 24.0 Å². The summed E-state index contributed by atoms with van der Waals surface area (Å²) in [5.74, 6) is -2.37. The van der Waals surface area contributed by atoms with Gasteiger partial charge in [0.25, 0.3) is 5.91 Å². The lowest BCUT2D eigenvalue weighted by atomic mass is 10.1. The average Bonchev–Trinajstić information content (AvgIpc) is 2.98. The normalized spacial score (nSPS) is 14.2. The summed E-state index contributed by atoms with van der Waals surface area (Å²) in [6, 6.07) is 9.14. The number of benzene rings is 1. The molecule has 1 aliphatic heterocycles. The summed E-state index contributed by atoms with van der Waals surface area (Å²) in [6.45, 7) is 2.58. The second-order valence-electron chi connectivity index (χ2n) is 9.42. The van der Waals surface area contributed by atoms with Crippen molar-refractivity contribution >= 4 is 35.9 Å². The van der Waals surface area contributed by atoms with Crippen LogP contribution in [0.25, 0.3) is 17.5 Å². The predicted molar refractivity (Wildman–Crippen MR) is 150 cm³/mol. The zero-order valence-electron chi connectivity index (χ0n) is 23.7. The number of nitrogens with one attached hydrogen (secondary N) is 1. The molecule has 0 saturated carbocycles. The van der Waals surface area contributed by atoms with E-state index in [-0.39, 0.29) is 68.7 Å². The molecule has 0 spiro atoms. The molecule has 14 heteroatoms. The van der Waals surface area contributed by atoms with Crippen molar-refractivity contribution in [1.29, 1.82) is 0 Å². The number of aliphatic carboxylic acids is 1. The number of piperazine rings is 1. The van der Waals surface area contributed by atoms with Gasteiger partial charge in [0, 0.05) is 45.2 Å². The van der Waals surface area contributed by atoms with Crippen LogP contribution >= 0.6 is 0 Å². The van der Waals surface area contributed by atoms with E-state index >= 15 is 0 Å². The Bertz CT molecular complexity index is 1310. The van der Waals surface area contributed by atoms with Gasteiger partial charge < -0.3 is 29.8 Å². The number of carboxylic acids is 1. The van der Waals surface area contributed by atoms with Gasteiger partial charge in [0.05, 0.1) is 25.4 Å². The number of rotatable bonds is 11. The SMILES string of the molecule is CCOC(=O)ON1CCN(C(=O)[C@H](CCC(=O)O)NC(=O)c2cc(/C=C/C(=O)N(C)C)nc(-c3ccccc3)n2)CC1. The molecule has 1 saturated heterocycles. The summed E-state index contributed by atoms with van der Waals surface area (Å²) in [5, 5.41) is 13.2.